The van der Waals surface area contributed by atoms with E-state index in [2.05, 4.69) is 10.5 Å². The molecule has 0 saturated carbocycles. The predicted octanol–water partition coefficient (Wildman–Crippen LogP) is -0.701. The molecule has 3 N–H and O–H groups in total. The van der Waals surface area contributed by atoms with Crippen molar-refractivity contribution in [2.45, 2.75) is 12.2 Å². The van der Waals surface area contributed by atoms with Crippen LogP contribution in [0, 0.1) is 0 Å². The first-order valence-electron chi connectivity index (χ1n) is 2.83. The van der Waals surface area contributed by atoms with E-state index in [-0.39, 0.29) is 0 Å². The monoisotopic (exact) mass is 168 g/mol. The highest BCUT2D eigenvalue weighted by Crippen LogP contribution is 2.13. The van der Waals surface area contributed by atoms with Crippen molar-refractivity contribution in [1.82, 2.24) is 5.32 Å². The third-order valence-electron chi connectivity index (χ3n) is 1.11. The molecular weight excluding hydrogens is 158 g/mol. The van der Waals surface area contributed by atoms with Crippen LogP contribution in [0.1, 0.15) is 0 Å². The lowest BCUT2D eigenvalue weighted by atomic mass is 10.2. The molecule has 0 heterocycles. The fourth-order valence-corrected chi connectivity index (χ4v) is 0.466. The summed E-state index contributed by atoms with van der Waals surface area (Å²) in [5.74, 6) is -4.38. The molecule has 0 aliphatic carbocycles. The van der Waals surface area contributed by atoms with Crippen molar-refractivity contribution in [2.24, 2.45) is 5.73 Å². The highest BCUT2D eigenvalue weighted by Gasteiger charge is 2.43. The molecule has 0 radical (unpaired) electrons. The van der Waals surface area contributed by atoms with Gasteiger partial charge in [0.2, 0.25) is 0 Å². The summed E-state index contributed by atoms with van der Waals surface area (Å²) in [7, 11) is 2.06. The van der Waals surface area contributed by atoms with Crippen molar-refractivity contribution in [3.05, 3.63) is 0 Å². The zero-order valence-electron chi connectivity index (χ0n) is 6.23. The molecule has 1 amide bonds. The van der Waals surface area contributed by atoms with Gasteiger partial charge in [-0.05, 0) is 0 Å². The van der Waals surface area contributed by atoms with E-state index in [4.69, 9.17) is 0 Å². The van der Waals surface area contributed by atoms with Gasteiger partial charge in [-0.3, -0.25) is 10.5 Å². The van der Waals surface area contributed by atoms with Gasteiger partial charge in [-0.2, -0.15) is 0 Å². The summed E-state index contributed by atoms with van der Waals surface area (Å²) in [5, 5.41) is 1.86. The van der Waals surface area contributed by atoms with Crippen molar-refractivity contribution >= 4 is 5.91 Å². The van der Waals surface area contributed by atoms with Gasteiger partial charge in [0, 0.05) is 14.2 Å². The van der Waals surface area contributed by atoms with Crippen LogP contribution in [-0.4, -0.2) is 32.2 Å². The maximum atomic E-state index is 12.7. The minimum absolute atomic E-state index is 0.912. The molecule has 0 aromatic rings. The van der Waals surface area contributed by atoms with E-state index >= 15 is 0 Å². The lowest BCUT2D eigenvalue weighted by Gasteiger charge is -2.20. The smallest absolute Gasteiger partial charge is 0.293 e. The van der Waals surface area contributed by atoms with E-state index < -0.39 is 18.1 Å². The molecule has 0 fully saturated rings. The first-order valence-corrected chi connectivity index (χ1v) is 2.83. The van der Waals surface area contributed by atoms with Crippen LogP contribution in [0.15, 0.2) is 0 Å². The summed E-state index contributed by atoms with van der Waals surface area (Å²) in [6.07, 6.45) is -2.46. The molecule has 0 aromatic heterocycles. The summed E-state index contributed by atoms with van der Waals surface area (Å²) < 4.78 is 29.0. The van der Waals surface area contributed by atoms with Crippen molar-refractivity contribution in [3.8, 4) is 0 Å². The third kappa shape index (κ3) is 2.09. The van der Waals surface area contributed by atoms with Crippen LogP contribution < -0.4 is 11.1 Å². The minimum Gasteiger partial charge on any atom is -0.355 e. The van der Waals surface area contributed by atoms with Crippen molar-refractivity contribution in [3.63, 3.8) is 0 Å². The number of nitrogens with one attached hydrogen (secondary N) is 1. The van der Waals surface area contributed by atoms with E-state index in [1.807, 2.05) is 5.32 Å². The van der Waals surface area contributed by atoms with Crippen molar-refractivity contribution in [1.29, 1.82) is 0 Å². The van der Waals surface area contributed by atoms with Gasteiger partial charge in [-0.1, -0.05) is 0 Å². The Morgan fingerprint density at radius 1 is 1.82 bits per heavy atom. The second kappa shape index (κ2) is 3.59. The Morgan fingerprint density at radius 3 is 2.55 bits per heavy atom. The maximum absolute atomic E-state index is 12.7. The van der Waals surface area contributed by atoms with E-state index in [1.54, 1.807) is 0 Å². The number of halogens is 2. The van der Waals surface area contributed by atoms with Gasteiger partial charge in [0.1, 0.15) is 0 Å². The molecule has 0 rings (SSSR count). The van der Waals surface area contributed by atoms with E-state index in [0.29, 0.717) is 0 Å². The first-order chi connectivity index (χ1) is 4.96. The lowest BCUT2D eigenvalue weighted by Crippen LogP contribution is -2.56. The van der Waals surface area contributed by atoms with Crippen LogP contribution in [0.5, 0.6) is 0 Å². The molecule has 2 atom stereocenters. The number of rotatable bonds is 3. The number of ether oxygens (including phenoxy) is 1. The van der Waals surface area contributed by atoms with Crippen LogP contribution >= 0.6 is 0 Å². The zero-order valence-corrected chi connectivity index (χ0v) is 6.23. The van der Waals surface area contributed by atoms with Crippen molar-refractivity contribution < 1.29 is 18.3 Å². The van der Waals surface area contributed by atoms with Crippen molar-refractivity contribution in [2.75, 3.05) is 14.2 Å². The molecule has 4 nitrogen and oxygen atoms in total. The standard InChI is InChI=1S/C5H10F2N2O2/c1-9-4(10)5(7,8)3(6)11-2/h3H,8H2,1-2H3,(H,9,10). The topological polar surface area (TPSA) is 64.4 Å². The van der Waals surface area contributed by atoms with Gasteiger partial charge in [0.15, 0.2) is 0 Å². The number of methoxy groups -OCH3 is 1. The summed E-state index contributed by atoms with van der Waals surface area (Å²) in [5.41, 5.74) is 4.65. The summed E-state index contributed by atoms with van der Waals surface area (Å²) >= 11 is 0. The first kappa shape index (κ1) is 10.2. The predicted molar refractivity (Wildman–Crippen MR) is 34.0 cm³/mol. The Balaban J connectivity index is 4.31. The molecule has 0 aliphatic heterocycles. The Hall–Kier alpha value is -0.750. The quantitative estimate of drug-likeness (QED) is 0.547. The largest absolute Gasteiger partial charge is 0.355 e. The average molecular weight is 168 g/mol. The normalized spacial score (nSPS) is 18.6. The van der Waals surface area contributed by atoms with E-state index in [0.717, 1.165) is 14.2 Å². The molecule has 0 aliphatic rings. The molecule has 11 heavy (non-hydrogen) atoms. The van der Waals surface area contributed by atoms with Crippen LogP contribution in [-0.2, 0) is 9.53 Å². The van der Waals surface area contributed by atoms with Gasteiger partial charge in [0.25, 0.3) is 18.1 Å². The molecule has 2 unspecified atom stereocenters. The number of nitrogens with two attached hydrogens (primary N) is 1. The van der Waals surface area contributed by atoms with Crippen LogP contribution in [0.25, 0.3) is 0 Å². The second-order valence-corrected chi connectivity index (χ2v) is 1.90. The molecule has 6 heteroatoms. The van der Waals surface area contributed by atoms with Crippen LogP contribution in [0.4, 0.5) is 8.78 Å². The molecule has 0 aromatic carbocycles. The summed E-state index contributed by atoms with van der Waals surface area (Å²) in [6.45, 7) is 0. The number of amides is 1. The molecular formula is C5H10F2N2O2. The fourth-order valence-electron chi connectivity index (χ4n) is 0.466. The van der Waals surface area contributed by atoms with E-state index in [1.165, 1.54) is 0 Å². The van der Waals surface area contributed by atoms with E-state index in [9.17, 15) is 13.6 Å². The number of hydrogen-bond donors (Lipinski definition) is 2. The highest BCUT2D eigenvalue weighted by molar-refractivity contribution is 5.84. The Morgan fingerprint density at radius 2 is 2.27 bits per heavy atom. The molecule has 0 bridgehead atoms. The van der Waals surface area contributed by atoms with Gasteiger partial charge in [-0.25, -0.2) is 8.78 Å². The fraction of sp³-hybridized carbons (Fsp3) is 0.800. The Bertz CT molecular complexity index is 151. The second-order valence-electron chi connectivity index (χ2n) is 1.90. The number of carbonyl (C=O) groups is 1. The highest BCUT2D eigenvalue weighted by atomic mass is 19.2. The average Bonchev–Trinajstić information content (AvgIpc) is 2.01. The van der Waals surface area contributed by atoms with Crippen LogP contribution in [0.3, 0.4) is 0 Å². The minimum atomic E-state index is -3.12. The zero-order chi connectivity index (χ0) is 9.07. The van der Waals surface area contributed by atoms with Gasteiger partial charge in [0.05, 0.1) is 0 Å². The lowest BCUT2D eigenvalue weighted by molar-refractivity contribution is -0.157. The summed E-state index contributed by atoms with van der Waals surface area (Å²) in [4.78, 5) is 10.5. The van der Waals surface area contributed by atoms with Crippen LogP contribution in [0.2, 0.25) is 0 Å². The number of hydrogen-bond acceptors (Lipinski definition) is 3. The number of carbonyl (C=O) groups excluding carboxylic acids is 1. The Kier molecular flexibility index (Phi) is 3.34. The van der Waals surface area contributed by atoms with Gasteiger partial charge in [-0.15, -0.1) is 0 Å². The maximum Gasteiger partial charge on any atom is 0.293 e. The summed E-state index contributed by atoms with van der Waals surface area (Å²) in [6, 6.07) is 0. The Labute approximate surface area is 62.7 Å². The molecule has 0 saturated heterocycles. The van der Waals surface area contributed by atoms with Gasteiger partial charge < -0.3 is 10.1 Å². The number of likely N-dealkylation sites (N-methyl/N-ethyl adjacent to an activating group) is 1. The van der Waals surface area contributed by atoms with Gasteiger partial charge >= 0.3 is 0 Å². The number of alkyl halides is 2. The molecule has 0 spiro atoms. The molecule has 66 valence electrons. The SMILES string of the molecule is CNC(=O)C(N)(F)C(F)OC. The third-order valence-corrected chi connectivity index (χ3v) is 1.11.